The lowest BCUT2D eigenvalue weighted by Gasteiger charge is -2.22. The van der Waals surface area contributed by atoms with Gasteiger partial charge in [-0.2, -0.15) is 0 Å². The highest BCUT2D eigenvalue weighted by Crippen LogP contribution is 2.30. The van der Waals surface area contributed by atoms with Crippen LogP contribution in [0.4, 0.5) is 10.1 Å². The van der Waals surface area contributed by atoms with Gasteiger partial charge in [0.15, 0.2) is 5.75 Å². The van der Waals surface area contributed by atoms with Crippen LogP contribution in [-0.4, -0.2) is 26.7 Å². The number of hydrogen-bond donors (Lipinski definition) is 0. The van der Waals surface area contributed by atoms with Crippen molar-refractivity contribution in [3.63, 3.8) is 0 Å². The molecule has 0 unspecified atom stereocenters. The molecule has 18 heavy (non-hydrogen) atoms. The summed E-state index contributed by atoms with van der Waals surface area (Å²) in [7, 11) is -0.811. The third-order valence-corrected chi connectivity index (χ3v) is 4.13. The van der Waals surface area contributed by atoms with Crippen molar-refractivity contribution in [2.24, 2.45) is 0 Å². The number of nitro groups is 1. The lowest BCUT2D eigenvalue weighted by Crippen LogP contribution is -2.27. The summed E-state index contributed by atoms with van der Waals surface area (Å²) in [5.41, 5.74) is -0.373. The first-order valence-corrected chi connectivity index (χ1v) is 7.00. The molecule has 0 spiro atoms. The van der Waals surface area contributed by atoms with Crippen molar-refractivity contribution in [1.82, 2.24) is 0 Å². The van der Waals surface area contributed by atoms with Crippen LogP contribution in [0, 0.1) is 15.9 Å². The minimum absolute atomic E-state index is 0.0686. The summed E-state index contributed by atoms with van der Waals surface area (Å²) in [6.45, 7) is 0. The number of benzene rings is 1. The van der Waals surface area contributed by atoms with E-state index in [1.165, 1.54) is 6.07 Å². The highest BCUT2D eigenvalue weighted by molar-refractivity contribution is 7.85. The Hall–Kier alpha value is -1.50. The maximum absolute atomic E-state index is 12.9. The second-order valence-corrected chi connectivity index (χ2v) is 5.73. The Morgan fingerprint density at radius 2 is 2.06 bits per heavy atom. The van der Waals surface area contributed by atoms with E-state index in [-0.39, 0.29) is 17.5 Å². The summed E-state index contributed by atoms with van der Waals surface area (Å²) in [4.78, 5) is 10.1. The van der Waals surface area contributed by atoms with Crippen LogP contribution < -0.4 is 4.74 Å². The van der Waals surface area contributed by atoms with Gasteiger partial charge in [-0.3, -0.25) is 14.3 Å². The zero-order chi connectivity index (χ0) is 13.1. The molecule has 0 atom stereocenters. The number of nitrogens with zero attached hydrogens (tertiary/aromatic N) is 1. The number of halogens is 1. The molecule has 0 aromatic heterocycles. The van der Waals surface area contributed by atoms with E-state index in [1.807, 2.05) is 0 Å². The molecule has 1 aromatic rings. The van der Waals surface area contributed by atoms with E-state index in [4.69, 9.17) is 4.74 Å². The highest BCUT2D eigenvalue weighted by atomic mass is 32.2. The summed E-state index contributed by atoms with van der Waals surface area (Å²) < 4.78 is 29.6. The second-order valence-electron chi connectivity index (χ2n) is 4.03. The molecule has 0 N–H and O–H groups in total. The van der Waals surface area contributed by atoms with Crippen LogP contribution in [0.25, 0.3) is 0 Å². The Morgan fingerprint density at radius 1 is 1.39 bits per heavy atom. The fourth-order valence-electron chi connectivity index (χ4n) is 1.80. The maximum Gasteiger partial charge on any atom is 0.313 e. The Labute approximate surface area is 106 Å². The molecular formula is C11H12FNO4S. The maximum atomic E-state index is 12.9. The average Bonchev–Trinajstić information content (AvgIpc) is 2.34. The molecular weight excluding hydrogens is 261 g/mol. The molecule has 0 radical (unpaired) electrons. The Balaban J connectivity index is 2.13. The van der Waals surface area contributed by atoms with Gasteiger partial charge in [-0.05, 0) is 25.0 Å². The molecule has 98 valence electrons. The lowest BCUT2D eigenvalue weighted by molar-refractivity contribution is -0.386. The minimum atomic E-state index is -0.811. The predicted octanol–water partition coefficient (Wildman–Crippen LogP) is 2.02. The summed E-state index contributed by atoms with van der Waals surface area (Å²) >= 11 is 0. The van der Waals surface area contributed by atoms with Crippen LogP contribution in [0.3, 0.4) is 0 Å². The Kier molecular flexibility index (Phi) is 3.90. The van der Waals surface area contributed by atoms with Gasteiger partial charge in [0, 0.05) is 22.3 Å². The molecule has 1 aliphatic rings. The second kappa shape index (κ2) is 5.43. The van der Waals surface area contributed by atoms with Crippen molar-refractivity contribution in [2.75, 3.05) is 11.5 Å². The molecule has 5 nitrogen and oxygen atoms in total. The summed E-state index contributed by atoms with van der Waals surface area (Å²) in [6.07, 6.45) is 1.01. The molecule has 0 bridgehead atoms. The third kappa shape index (κ3) is 3.04. The Morgan fingerprint density at radius 3 is 2.67 bits per heavy atom. The lowest BCUT2D eigenvalue weighted by atomic mass is 10.2. The molecule has 0 aliphatic carbocycles. The molecule has 2 rings (SSSR count). The fourth-order valence-corrected chi connectivity index (χ4v) is 3.06. The van der Waals surface area contributed by atoms with Crippen LogP contribution in [0.5, 0.6) is 5.75 Å². The topological polar surface area (TPSA) is 69.4 Å². The van der Waals surface area contributed by atoms with Crippen molar-refractivity contribution in [3.05, 3.63) is 34.1 Å². The minimum Gasteiger partial charge on any atom is -0.483 e. The van der Waals surface area contributed by atoms with E-state index in [0.29, 0.717) is 24.3 Å². The monoisotopic (exact) mass is 273 g/mol. The Bertz CT molecular complexity index is 484. The summed E-state index contributed by atoms with van der Waals surface area (Å²) in [6, 6.07) is 3.23. The molecule has 1 heterocycles. The first-order valence-electron chi connectivity index (χ1n) is 5.52. The zero-order valence-corrected chi connectivity index (χ0v) is 10.3. The van der Waals surface area contributed by atoms with Gasteiger partial charge in [0.2, 0.25) is 0 Å². The van der Waals surface area contributed by atoms with Crippen LogP contribution in [-0.2, 0) is 10.8 Å². The number of hydrogen-bond acceptors (Lipinski definition) is 4. The summed E-state index contributed by atoms with van der Waals surface area (Å²) in [5, 5.41) is 10.8. The van der Waals surface area contributed by atoms with Crippen LogP contribution in [0.15, 0.2) is 18.2 Å². The molecule has 1 aliphatic heterocycles. The van der Waals surface area contributed by atoms with Gasteiger partial charge in [0.1, 0.15) is 11.9 Å². The molecule has 1 aromatic carbocycles. The van der Waals surface area contributed by atoms with Gasteiger partial charge in [-0.1, -0.05) is 0 Å². The van der Waals surface area contributed by atoms with E-state index in [1.54, 1.807) is 0 Å². The number of nitro benzene ring substituents is 1. The van der Waals surface area contributed by atoms with Crippen molar-refractivity contribution < 1.29 is 18.3 Å². The van der Waals surface area contributed by atoms with E-state index in [0.717, 1.165) is 12.1 Å². The van der Waals surface area contributed by atoms with Crippen LogP contribution >= 0.6 is 0 Å². The van der Waals surface area contributed by atoms with Crippen molar-refractivity contribution in [3.8, 4) is 5.75 Å². The van der Waals surface area contributed by atoms with Gasteiger partial charge in [0.25, 0.3) is 0 Å². The zero-order valence-electron chi connectivity index (χ0n) is 9.50. The predicted molar refractivity (Wildman–Crippen MR) is 64.6 cm³/mol. The fraction of sp³-hybridized carbons (Fsp3) is 0.455. The molecule has 1 fully saturated rings. The van der Waals surface area contributed by atoms with Gasteiger partial charge >= 0.3 is 5.69 Å². The SMILES string of the molecule is O=[N+]([O-])c1cc(F)ccc1OC1CCS(=O)CC1. The van der Waals surface area contributed by atoms with E-state index in [2.05, 4.69) is 0 Å². The molecule has 0 saturated carbocycles. The molecule has 7 heteroatoms. The highest BCUT2D eigenvalue weighted by Gasteiger charge is 2.23. The van der Waals surface area contributed by atoms with E-state index < -0.39 is 21.5 Å². The molecule has 0 amide bonds. The summed E-state index contributed by atoms with van der Waals surface area (Å²) in [5.74, 6) is 0.483. The third-order valence-electron chi connectivity index (χ3n) is 2.75. The van der Waals surface area contributed by atoms with E-state index in [9.17, 15) is 18.7 Å². The largest absolute Gasteiger partial charge is 0.483 e. The number of rotatable bonds is 3. The number of ether oxygens (including phenoxy) is 1. The smallest absolute Gasteiger partial charge is 0.313 e. The first-order chi connectivity index (χ1) is 8.56. The normalized spacial score (nSPS) is 23.6. The van der Waals surface area contributed by atoms with E-state index >= 15 is 0 Å². The van der Waals surface area contributed by atoms with Gasteiger partial charge in [-0.25, -0.2) is 4.39 Å². The molecule has 1 saturated heterocycles. The van der Waals surface area contributed by atoms with Crippen LogP contribution in [0.1, 0.15) is 12.8 Å². The quantitative estimate of drug-likeness (QED) is 0.624. The first kappa shape index (κ1) is 12.9. The van der Waals surface area contributed by atoms with Gasteiger partial charge < -0.3 is 4.74 Å². The standard InChI is InChI=1S/C11H12FNO4S/c12-8-1-2-11(10(7-8)13(14)15)17-9-3-5-18(16)6-4-9/h1-2,7,9H,3-6H2. The van der Waals surface area contributed by atoms with Crippen molar-refractivity contribution in [1.29, 1.82) is 0 Å². The van der Waals surface area contributed by atoms with Gasteiger partial charge in [0.05, 0.1) is 11.0 Å². The van der Waals surface area contributed by atoms with Crippen LogP contribution in [0.2, 0.25) is 0 Å². The van der Waals surface area contributed by atoms with Crippen molar-refractivity contribution in [2.45, 2.75) is 18.9 Å². The van der Waals surface area contributed by atoms with Gasteiger partial charge in [-0.15, -0.1) is 0 Å². The van der Waals surface area contributed by atoms with Crippen molar-refractivity contribution >= 4 is 16.5 Å². The average molecular weight is 273 g/mol.